The fourth-order valence-corrected chi connectivity index (χ4v) is 3.34. The van der Waals surface area contributed by atoms with Gasteiger partial charge in [-0.2, -0.15) is 0 Å². The highest BCUT2D eigenvalue weighted by Crippen LogP contribution is 2.25. The standard InChI is InChI=1S/C14H24N4O3S/c1-4-17(3)5-11-6-18(7-12(11)8-19)13(20)9-22-14-16-15-10(2)21-14/h11-12,19H,4-9H2,1-3H3/t11-,12-/m1/s1. The van der Waals surface area contributed by atoms with E-state index in [0.717, 1.165) is 13.1 Å². The number of amides is 1. The first-order valence-corrected chi connectivity index (χ1v) is 8.52. The molecule has 1 N–H and O–H groups in total. The van der Waals surface area contributed by atoms with Gasteiger partial charge in [0.15, 0.2) is 0 Å². The van der Waals surface area contributed by atoms with E-state index in [2.05, 4.69) is 29.1 Å². The van der Waals surface area contributed by atoms with Crippen molar-refractivity contribution in [2.45, 2.75) is 19.1 Å². The summed E-state index contributed by atoms with van der Waals surface area (Å²) in [4.78, 5) is 16.4. The fraction of sp³-hybridized carbons (Fsp3) is 0.786. The van der Waals surface area contributed by atoms with Crippen LogP contribution < -0.4 is 0 Å². The topological polar surface area (TPSA) is 82.7 Å². The van der Waals surface area contributed by atoms with Gasteiger partial charge in [-0.15, -0.1) is 10.2 Å². The normalized spacial score (nSPS) is 21.8. The lowest BCUT2D eigenvalue weighted by Gasteiger charge is -2.22. The average molecular weight is 328 g/mol. The molecule has 0 unspecified atom stereocenters. The number of aliphatic hydroxyl groups excluding tert-OH is 1. The van der Waals surface area contributed by atoms with Crippen LogP contribution in [0.2, 0.25) is 0 Å². The van der Waals surface area contributed by atoms with Gasteiger partial charge in [-0.05, 0) is 19.5 Å². The number of aliphatic hydroxyl groups is 1. The van der Waals surface area contributed by atoms with Crippen molar-refractivity contribution >= 4 is 17.7 Å². The molecule has 1 aromatic rings. The van der Waals surface area contributed by atoms with E-state index in [1.807, 2.05) is 4.90 Å². The van der Waals surface area contributed by atoms with E-state index in [1.165, 1.54) is 11.8 Å². The number of hydrogen-bond acceptors (Lipinski definition) is 7. The largest absolute Gasteiger partial charge is 0.416 e. The Morgan fingerprint density at radius 3 is 2.77 bits per heavy atom. The van der Waals surface area contributed by atoms with Crippen molar-refractivity contribution in [3.8, 4) is 0 Å². The van der Waals surface area contributed by atoms with Crippen LogP contribution >= 0.6 is 11.8 Å². The van der Waals surface area contributed by atoms with Gasteiger partial charge < -0.3 is 19.3 Å². The highest BCUT2D eigenvalue weighted by atomic mass is 32.2. The lowest BCUT2D eigenvalue weighted by atomic mass is 9.96. The number of carbonyl (C=O) groups is 1. The van der Waals surface area contributed by atoms with E-state index in [1.54, 1.807) is 6.92 Å². The SMILES string of the molecule is CCN(C)C[C@@H]1CN(C(=O)CSc2nnc(C)o2)C[C@@H]1CO. The minimum Gasteiger partial charge on any atom is -0.416 e. The zero-order valence-corrected chi connectivity index (χ0v) is 14.2. The summed E-state index contributed by atoms with van der Waals surface area (Å²) < 4.78 is 5.25. The van der Waals surface area contributed by atoms with Crippen LogP contribution in [-0.2, 0) is 4.79 Å². The molecule has 124 valence electrons. The van der Waals surface area contributed by atoms with Gasteiger partial charge in [0.05, 0.1) is 5.75 Å². The molecular weight excluding hydrogens is 304 g/mol. The van der Waals surface area contributed by atoms with Crippen molar-refractivity contribution in [1.82, 2.24) is 20.0 Å². The molecule has 2 rings (SSSR count). The van der Waals surface area contributed by atoms with Crippen molar-refractivity contribution in [2.24, 2.45) is 11.8 Å². The number of aromatic nitrogens is 2. The zero-order chi connectivity index (χ0) is 16.1. The third-order valence-electron chi connectivity index (χ3n) is 4.08. The van der Waals surface area contributed by atoms with Crippen LogP contribution in [0.1, 0.15) is 12.8 Å². The molecule has 0 aromatic carbocycles. The minimum absolute atomic E-state index is 0.0564. The Morgan fingerprint density at radius 2 is 2.18 bits per heavy atom. The second kappa shape index (κ2) is 7.94. The maximum absolute atomic E-state index is 12.3. The lowest BCUT2D eigenvalue weighted by molar-refractivity contribution is -0.127. The maximum atomic E-state index is 12.3. The summed E-state index contributed by atoms with van der Waals surface area (Å²) in [6, 6.07) is 0. The third-order valence-corrected chi connectivity index (χ3v) is 4.88. The second-order valence-corrected chi connectivity index (χ2v) is 6.66. The van der Waals surface area contributed by atoms with Gasteiger partial charge in [0.1, 0.15) is 0 Å². The summed E-state index contributed by atoms with van der Waals surface area (Å²) in [6.07, 6.45) is 0. The van der Waals surface area contributed by atoms with E-state index >= 15 is 0 Å². The Morgan fingerprint density at radius 1 is 1.45 bits per heavy atom. The summed E-state index contributed by atoms with van der Waals surface area (Å²) in [5.74, 6) is 1.33. The first kappa shape index (κ1) is 17.2. The number of hydrogen-bond donors (Lipinski definition) is 1. The van der Waals surface area contributed by atoms with E-state index in [9.17, 15) is 9.90 Å². The summed E-state index contributed by atoms with van der Waals surface area (Å²) in [5, 5.41) is 17.6. The van der Waals surface area contributed by atoms with Crippen molar-refractivity contribution in [3.63, 3.8) is 0 Å². The van der Waals surface area contributed by atoms with E-state index in [4.69, 9.17) is 4.42 Å². The Hall–Kier alpha value is -1.12. The van der Waals surface area contributed by atoms with Crippen LogP contribution in [0.3, 0.4) is 0 Å². The van der Waals surface area contributed by atoms with Gasteiger partial charge in [-0.25, -0.2) is 0 Å². The Balaban J connectivity index is 1.85. The molecule has 22 heavy (non-hydrogen) atoms. The van der Waals surface area contributed by atoms with Crippen molar-refractivity contribution in [1.29, 1.82) is 0 Å². The molecule has 0 bridgehead atoms. The molecule has 8 heteroatoms. The molecular formula is C14H24N4O3S. The number of likely N-dealkylation sites (tertiary alicyclic amines) is 1. The van der Waals surface area contributed by atoms with Gasteiger partial charge in [0.2, 0.25) is 11.8 Å². The fourth-order valence-electron chi connectivity index (χ4n) is 2.64. The molecule has 0 radical (unpaired) electrons. The molecule has 2 heterocycles. The van der Waals surface area contributed by atoms with Crippen LogP contribution in [-0.4, -0.2) is 76.6 Å². The predicted molar refractivity (Wildman–Crippen MR) is 83.6 cm³/mol. The number of thioether (sulfide) groups is 1. The minimum atomic E-state index is 0.0564. The Labute approximate surface area is 135 Å². The molecule has 0 saturated carbocycles. The molecule has 1 amide bonds. The highest BCUT2D eigenvalue weighted by molar-refractivity contribution is 7.99. The van der Waals surface area contributed by atoms with Crippen LogP contribution in [0.15, 0.2) is 9.64 Å². The molecule has 1 aromatic heterocycles. The molecule has 0 aliphatic carbocycles. The quantitative estimate of drug-likeness (QED) is 0.729. The molecule has 1 fully saturated rings. The van der Waals surface area contributed by atoms with Gasteiger partial charge in [0.25, 0.3) is 5.22 Å². The van der Waals surface area contributed by atoms with Gasteiger partial charge in [-0.1, -0.05) is 18.7 Å². The van der Waals surface area contributed by atoms with Gasteiger partial charge >= 0.3 is 0 Å². The number of aryl methyl sites for hydroxylation is 1. The van der Waals surface area contributed by atoms with E-state index < -0.39 is 0 Å². The molecule has 1 aliphatic rings. The smallest absolute Gasteiger partial charge is 0.277 e. The van der Waals surface area contributed by atoms with Gasteiger partial charge in [0, 0.05) is 39.1 Å². The van der Waals surface area contributed by atoms with E-state index in [0.29, 0.717) is 30.1 Å². The summed E-state index contributed by atoms with van der Waals surface area (Å²) >= 11 is 1.26. The molecule has 0 spiro atoms. The van der Waals surface area contributed by atoms with Crippen molar-refractivity contribution < 1.29 is 14.3 Å². The van der Waals surface area contributed by atoms with Crippen LogP contribution in [0.25, 0.3) is 0 Å². The lowest BCUT2D eigenvalue weighted by Crippen LogP contribution is -2.32. The Kier molecular flexibility index (Phi) is 6.22. The monoisotopic (exact) mass is 328 g/mol. The first-order chi connectivity index (χ1) is 10.5. The molecule has 7 nitrogen and oxygen atoms in total. The molecule has 1 aliphatic heterocycles. The van der Waals surface area contributed by atoms with E-state index in [-0.39, 0.29) is 24.2 Å². The average Bonchev–Trinajstić information content (AvgIpc) is 3.10. The van der Waals surface area contributed by atoms with Crippen molar-refractivity contribution in [2.75, 3.05) is 45.6 Å². The summed E-state index contributed by atoms with van der Waals surface area (Å²) in [7, 11) is 2.06. The highest BCUT2D eigenvalue weighted by Gasteiger charge is 2.35. The molecule has 2 atom stereocenters. The third kappa shape index (κ3) is 4.44. The predicted octanol–water partition coefficient (Wildman–Crippen LogP) is 0.489. The van der Waals surface area contributed by atoms with Crippen LogP contribution in [0, 0.1) is 18.8 Å². The van der Waals surface area contributed by atoms with Gasteiger partial charge in [-0.3, -0.25) is 4.79 Å². The number of nitrogens with zero attached hydrogens (tertiary/aromatic N) is 4. The van der Waals surface area contributed by atoms with Crippen molar-refractivity contribution in [3.05, 3.63) is 5.89 Å². The summed E-state index contributed by atoms with van der Waals surface area (Å²) in [5.41, 5.74) is 0. The maximum Gasteiger partial charge on any atom is 0.277 e. The zero-order valence-electron chi connectivity index (χ0n) is 13.4. The number of carbonyl (C=O) groups excluding carboxylic acids is 1. The second-order valence-electron chi connectivity index (χ2n) is 5.73. The Bertz CT molecular complexity index is 496. The van der Waals surface area contributed by atoms with Crippen LogP contribution in [0.4, 0.5) is 0 Å². The van der Waals surface area contributed by atoms with Crippen LogP contribution in [0.5, 0.6) is 0 Å². The summed E-state index contributed by atoms with van der Waals surface area (Å²) in [6.45, 7) is 7.16. The molecule has 1 saturated heterocycles. The first-order valence-electron chi connectivity index (χ1n) is 7.53. The number of rotatable bonds is 7.